The zero-order valence-corrected chi connectivity index (χ0v) is 10.9. The molecule has 2 aromatic heterocycles. The number of fused-ring (bicyclic) bond motifs is 1. The number of carboxylic acid groups (broad SMARTS) is 1. The summed E-state index contributed by atoms with van der Waals surface area (Å²) < 4.78 is 0. The van der Waals surface area contributed by atoms with Gasteiger partial charge in [-0.15, -0.1) is 0 Å². The Hall–Kier alpha value is -2.08. The van der Waals surface area contributed by atoms with Gasteiger partial charge in [0.1, 0.15) is 10.6 Å². The van der Waals surface area contributed by atoms with Gasteiger partial charge in [-0.25, -0.2) is 9.78 Å². The highest BCUT2D eigenvalue weighted by Gasteiger charge is 2.35. The Kier molecular flexibility index (Phi) is 2.67. The second-order valence-electron chi connectivity index (χ2n) is 4.37. The van der Waals surface area contributed by atoms with E-state index < -0.39 is 5.97 Å². The zero-order chi connectivity index (χ0) is 13.5. The van der Waals surface area contributed by atoms with Crippen LogP contribution in [0.2, 0.25) is 0 Å². The molecule has 0 aromatic carbocycles. The third kappa shape index (κ3) is 2.04. The average Bonchev–Trinajstić information content (AvgIpc) is 2.76. The van der Waals surface area contributed by atoms with Crippen LogP contribution in [0.5, 0.6) is 0 Å². The van der Waals surface area contributed by atoms with Crippen LogP contribution in [0.25, 0.3) is 0 Å². The fraction of sp³-hybridized carbons (Fsp3) is 0.154. The van der Waals surface area contributed by atoms with Gasteiger partial charge in [-0.1, -0.05) is 17.8 Å². The quantitative estimate of drug-likeness (QED) is 0.876. The molecule has 96 valence electrons. The van der Waals surface area contributed by atoms with E-state index >= 15 is 0 Å². The van der Waals surface area contributed by atoms with E-state index in [9.17, 15) is 4.79 Å². The lowest BCUT2D eigenvalue weighted by Crippen LogP contribution is -2.23. The number of thioether (sulfide) groups is 1. The van der Waals surface area contributed by atoms with E-state index in [4.69, 9.17) is 5.11 Å². The summed E-state index contributed by atoms with van der Waals surface area (Å²) in [6.45, 7) is 2.04. The standard InChI is InChI=1S/C13H11N3O2S/c1-13(8-3-2-4-14-6-8)16-10-7-15-9(12(17)18)5-11(10)19-13/h2-7,16H,1H3,(H,17,18). The Labute approximate surface area is 114 Å². The van der Waals surface area contributed by atoms with Gasteiger partial charge in [0.05, 0.1) is 11.9 Å². The molecule has 0 bridgehead atoms. The first kappa shape index (κ1) is 12.0. The average molecular weight is 273 g/mol. The third-order valence-corrected chi connectivity index (χ3v) is 4.29. The van der Waals surface area contributed by atoms with Crippen molar-refractivity contribution in [3.05, 3.63) is 48.0 Å². The fourth-order valence-corrected chi connectivity index (χ4v) is 3.23. The molecular formula is C13H11N3O2S. The summed E-state index contributed by atoms with van der Waals surface area (Å²) >= 11 is 1.57. The SMILES string of the molecule is CC1(c2cccnc2)Nc2cnc(C(=O)O)cc2S1. The molecule has 0 fully saturated rings. The number of pyridine rings is 2. The molecule has 2 N–H and O–H groups in total. The van der Waals surface area contributed by atoms with Crippen molar-refractivity contribution in [2.75, 3.05) is 5.32 Å². The zero-order valence-electron chi connectivity index (χ0n) is 10.1. The number of nitrogens with one attached hydrogen (secondary N) is 1. The van der Waals surface area contributed by atoms with Crippen LogP contribution in [-0.2, 0) is 4.87 Å². The van der Waals surface area contributed by atoms with Gasteiger partial charge in [0.15, 0.2) is 0 Å². The Morgan fingerprint density at radius 2 is 2.32 bits per heavy atom. The first-order chi connectivity index (χ1) is 9.08. The van der Waals surface area contributed by atoms with Crippen molar-refractivity contribution in [1.82, 2.24) is 9.97 Å². The van der Waals surface area contributed by atoms with Gasteiger partial charge in [0.25, 0.3) is 0 Å². The van der Waals surface area contributed by atoms with Crippen LogP contribution < -0.4 is 5.32 Å². The van der Waals surface area contributed by atoms with Crippen LogP contribution in [0.15, 0.2) is 41.7 Å². The Balaban J connectivity index is 1.98. The highest BCUT2D eigenvalue weighted by Crippen LogP contribution is 2.50. The smallest absolute Gasteiger partial charge is 0.354 e. The summed E-state index contributed by atoms with van der Waals surface area (Å²) in [5, 5.41) is 12.3. The lowest BCUT2D eigenvalue weighted by molar-refractivity contribution is 0.0690. The second kappa shape index (κ2) is 4.24. The highest BCUT2D eigenvalue weighted by molar-refractivity contribution is 8.00. The molecule has 3 heterocycles. The molecule has 19 heavy (non-hydrogen) atoms. The number of aromatic carboxylic acids is 1. The molecule has 0 amide bonds. The van der Waals surface area contributed by atoms with Crippen molar-refractivity contribution in [3.63, 3.8) is 0 Å². The van der Waals surface area contributed by atoms with E-state index in [-0.39, 0.29) is 10.6 Å². The van der Waals surface area contributed by atoms with Crippen LogP contribution in [-0.4, -0.2) is 21.0 Å². The van der Waals surface area contributed by atoms with Crippen LogP contribution in [0.3, 0.4) is 0 Å². The molecule has 6 heteroatoms. The number of aromatic nitrogens is 2. The minimum atomic E-state index is -1.02. The largest absolute Gasteiger partial charge is 0.477 e. The fourth-order valence-electron chi connectivity index (χ4n) is 2.01. The maximum atomic E-state index is 10.9. The van der Waals surface area contributed by atoms with Crippen molar-refractivity contribution in [3.8, 4) is 0 Å². The lowest BCUT2D eigenvalue weighted by Gasteiger charge is -2.23. The summed E-state index contributed by atoms with van der Waals surface area (Å²) in [5.74, 6) is -1.02. The van der Waals surface area contributed by atoms with E-state index in [1.807, 2.05) is 19.1 Å². The summed E-state index contributed by atoms with van der Waals surface area (Å²) in [5.41, 5.74) is 1.94. The molecule has 1 aliphatic rings. The molecule has 0 saturated heterocycles. The van der Waals surface area contributed by atoms with Crippen LogP contribution in [0.4, 0.5) is 5.69 Å². The van der Waals surface area contributed by atoms with Crippen molar-refractivity contribution in [2.24, 2.45) is 0 Å². The highest BCUT2D eigenvalue weighted by atomic mass is 32.2. The Bertz CT molecular complexity index is 648. The van der Waals surface area contributed by atoms with E-state index in [0.29, 0.717) is 0 Å². The van der Waals surface area contributed by atoms with Crippen LogP contribution in [0, 0.1) is 0 Å². The Morgan fingerprint density at radius 1 is 1.47 bits per heavy atom. The minimum Gasteiger partial charge on any atom is -0.477 e. The summed E-state index contributed by atoms with van der Waals surface area (Å²) in [7, 11) is 0. The molecular weight excluding hydrogens is 262 g/mol. The van der Waals surface area contributed by atoms with Gasteiger partial charge >= 0.3 is 5.97 Å². The summed E-state index contributed by atoms with van der Waals surface area (Å²) in [6, 6.07) is 5.47. The molecule has 3 rings (SSSR count). The maximum Gasteiger partial charge on any atom is 0.354 e. The molecule has 0 saturated carbocycles. The van der Waals surface area contributed by atoms with Crippen LogP contribution >= 0.6 is 11.8 Å². The monoisotopic (exact) mass is 273 g/mol. The van der Waals surface area contributed by atoms with E-state index in [2.05, 4.69) is 15.3 Å². The first-order valence-electron chi connectivity index (χ1n) is 5.69. The topological polar surface area (TPSA) is 75.1 Å². The molecule has 1 unspecified atom stereocenters. The number of carbonyl (C=O) groups is 1. The molecule has 1 atom stereocenters. The van der Waals surface area contributed by atoms with E-state index in [0.717, 1.165) is 16.1 Å². The predicted molar refractivity (Wildman–Crippen MR) is 72.3 cm³/mol. The van der Waals surface area contributed by atoms with Gasteiger partial charge in [-0.3, -0.25) is 4.98 Å². The summed E-state index contributed by atoms with van der Waals surface area (Å²) in [6.07, 6.45) is 5.09. The van der Waals surface area contributed by atoms with Gasteiger partial charge in [-0.2, -0.15) is 0 Å². The molecule has 1 aliphatic heterocycles. The number of rotatable bonds is 2. The van der Waals surface area contributed by atoms with Gasteiger partial charge in [0.2, 0.25) is 0 Å². The molecule has 0 aliphatic carbocycles. The number of carboxylic acids is 1. The van der Waals surface area contributed by atoms with Crippen molar-refractivity contribution < 1.29 is 9.90 Å². The normalized spacial score (nSPS) is 20.7. The molecule has 2 aromatic rings. The van der Waals surface area contributed by atoms with Gasteiger partial charge < -0.3 is 10.4 Å². The maximum absolute atomic E-state index is 10.9. The predicted octanol–water partition coefficient (Wildman–Crippen LogP) is 2.57. The molecule has 5 nitrogen and oxygen atoms in total. The lowest BCUT2D eigenvalue weighted by atomic mass is 10.1. The Morgan fingerprint density at radius 3 is 3.00 bits per heavy atom. The van der Waals surface area contributed by atoms with Gasteiger partial charge in [0, 0.05) is 22.9 Å². The third-order valence-electron chi connectivity index (χ3n) is 2.98. The van der Waals surface area contributed by atoms with Crippen molar-refractivity contribution in [2.45, 2.75) is 16.7 Å². The minimum absolute atomic E-state index is 0.0588. The van der Waals surface area contributed by atoms with E-state index in [1.54, 1.807) is 36.4 Å². The molecule has 0 spiro atoms. The first-order valence-corrected chi connectivity index (χ1v) is 6.51. The van der Waals surface area contributed by atoms with E-state index in [1.165, 1.54) is 0 Å². The van der Waals surface area contributed by atoms with Gasteiger partial charge in [-0.05, 0) is 19.1 Å². The second-order valence-corrected chi connectivity index (χ2v) is 5.83. The van der Waals surface area contributed by atoms with Crippen molar-refractivity contribution >= 4 is 23.4 Å². The number of anilines is 1. The van der Waals surface area contributed by atoms with Crippen molar-refractivity contribution in [1.29, 1.82) is 0 Å². The molecule has 0 radical (unpaired) electrons. The summed E-state index contributed by atoms with van der Waals surface area (Å²) in [4.78, 5) is 19.5. The number of nitrogens with zero attached hydrogens (tertiary/aromatic N) is 2. The number of hydrogen-bond acceptors (Lipinski definition) is 5. The van der Waals surface area contributed by atoms with Crippen LogP contribution in [0.1, 0.15) is 23.0 Å². The number of hydrogen-bond donors (Lipinski definition) is 2.